The topological polar surface area (TPSA) is 26.3 Å². The maximum Gasteiger partial charge on any atom is 0.348 e. The molecule has 0 saturated carbocycles. The summed E-state index contributed by atoms with van der Waals surface area (Å²) in [4.78, 5) is 16.7. The van der Waals surface area contributed by atoms with E-state index in [1.165, 1.54) is 66.0 Å². The van der Waals surface area contributed by atoms with Gasteiger partial charge in [-0.3, -0.25) is 0 Å². The fraction of sp³-hybridized carbons (Fsp3) is 0.522. The summed E-state index contributed by atoms with van der Waals surface area (Å²) in [6.07, 6.45) is 13.9. The van der Waals surface area contributed by atoms with Gasteiger partial charge in [0.25, 0.3) is 0 Å². The van der Waals surface area contributed by atoms with Crippen LogP contribution in [0.25, 0.3) is 9.75 Å². The first-order valence-electron chi connectivity index (χ1n) is 10.2. The number of aryl methyl sites for hydroxylation is 1. The molecule has 2 heterocycles. The normalized spacial score (nSPS) is 10.9. The maximum absolute atomic E-state index is 12.1. The first kappa shape index (κ1) is 21.9. The van der Waals surface area contributed by atoms with E-state index in [0.717, 1.165) is 24.1 Å². The Labute approximate surface area is 172 Å². The first-order valence-corrected chi connectivity index (χ1v) is 11.8. The van der Waals surface area contributed by atoms with Crippen molar-refractivity contribution in [2.75, 3.05) is 6.61 Å². The standard InChI is InChI=1S/C23H32O2S2/c1-3-5-7-9-10-11-13-19-14-15-20(26-19)21-16-17-22(27-21)23(24)25-18-12-8-6-4-2/h4,14-17H,2-3,5-13,18H2,1H3. The van der Waals surface area contributed by atoms with Crippen molar-refractivity contribution >= 4 is 28.6 Å². The van der Waals surface area contributed by atoms with Crippen LogP contribution in [0.1, 0.15) is 79.3 Å². The van der Waals surface area contributed by atoms with Crippen LogP contribution in [0.15, 0.2) is 36.9 Å². The predicted molar refractivity (Wildman–Crippen MR) is 119 cm³/mol. The van der Waals surface area contributed by atoms with E-state index in [4.69, 9.17) is 4.74 Å². The zero-order valence-corrected chi connectivity index (χ0v) is 18.1. The Kier molecular flexibility index (Phi) is 10.5. The van der Waals surface area contributed by atoms with Gasteiger partial charge in [0.1, 0.15) is 4.88 Å². The summed E-state index contributed by atoms with van der Waals surface area (Å²) in [6.45, 7) is 6.45. The van der Waals surface area contributed by atoms with Gasteiger partial charge in [-0.25, -0.2) is 4.79 Å². The number of carbonyl (C=O) groups is 1. The molecule has 27 heavy (non-hydrogen) atoms. The number of allylic oxidation sites excluding steroid dienone is 1. The second kappa shape index (κ2) is 12.9. The van der Waals surface area contributed by atoms with Gasteiger partial charge in [-0.05, 0) is 56.4 Å². The minimum absolute atomic E-state index is 0.200. The molecule has 4 heteroatoms. The van der Waals surface area contributed by atoms with Crippen LogP contribution in [0.2, 0.25) is 0 Å². The lowest BCUT2D eigenvalue weighted by molar-refractivity contribution is 0.0504. The summed E-state index contributed by atoms with van der Waals surface area (Å²) in [5, 5.41) is 0. The molecule has 2 aromatic rings. The molecule has 0 unspecified atom stereocenters. The van der Waals surface area contributed by atoms with Crippen LogP contribution in [0.5, 0.6) is 0 Å². The van der Waals surface area contributed by atoms with E-state index in [2.05, 4.69) is 25.6 Å². The lowest BCUT2D eigenvalue weighted by Crippen LogP contribution is -2.04. The van der Waals surface area contributed by atoms with Gasteiger partial charge >= 0.3 is 5.97 Å². The Morgan fingerprint density at radius 2 is 1.70 bits per heavy atom. The molecular formula is C23H32O2S2. The monoisotopic (exact) mass is 404 g/mol. The number of esters is 1. The van der Waals surface area contributed by atoms with Crippen molar-refractivity contribution in [1.29, 1.82) is 0 Å². The molecule has 2 aromatic heterocycles. The quantitative estimate of drug-likeness (QED) is 0.182. The zero-order chi connectivity index (χ0) is 19.3. The van der Waals surface area contributed by atoms with E-state index >= 15 is 0 Å². The van der Waals surface area contributed by atoms with Crippen LogP contribution >= 0.6 is 22.7 Å². The van der Waals surface area contributed by atoms with E-state index < -0.39 is 0 Å². The van der Waals surface area contributed by atoms with E-state index in [9.17, 15) is 4.79 Å². The Morgan fingerprint density at radius 1 is 0.963 bits per heavy atom. The second-order valence-corrected chi connectivity index (χ2v) is 9.12. The number of rotatable bonds is 14. The van der Waals surface area contributed by atoms with Crippen LogP contribution < -0.4 is 0 Å². The summed E-state index contributed by atoms with van der Waals surface area (Å²) in [5.41, 5.74) is 0. The van der Waals surface area contributed by atoms with Gasteiger partial charge in [-0.1, -0.05) is 45.1 Å². The third kappa shape index (κ3) is 8.02. The lowest BCUT2D eigenvalue weighted by atomic mass is 10.1. The van der Waals surface area contributed by atoms with Crippen molar-refractivity contribution in [2.24, 2.45) is 0 Å². The third-order valence-electron chi connectivity index (χ3n) is 4.52. The van der Waals surface area contributed by atoms with Gasteiger partial charge < -0.3 is 4.74 Å². The largest absolute Gasteiger partial charge is 0.462 e. The van der Waals surface area contributed by atoms with Crippen LogP contribution in [0.3, 0.4) is 0 Å². The minimum atomic E-state index is -0.200. The zero-order valence-electron chi connectivity index (χ0n) is 16.5. The first-order chi connectivity index (χ1) is 13.2. The molecule has 0 atom stereocenters. The fourth-order valence-corrected chi connectivity index (χ4v) is 4.97. The molecule has 0 bridgehead atoms. The van der Waals surface area contributed by atoms with Gasteiger partial charge in [0.05, 0.1) is 6.61 Å². The Balaban J connectivity index is 1.76. The van der Waals surface area contributed by atoms with Crippen molar-refractivity contribution in [3.8, 4) is 9.75 Å². The van der Waals surface area contributed by atoms with E-state index in [-0.39, 0.29) is 5.97 Å². The minimum Gasteiger partial charge on any atom is -0.462 e. The van der Waals surface area contributed by atoms with Crippen molar-refractivity contribution in [3.63, 3.8) is 0 Å². The van der Waals surface area contributed by atoms with Crippen molar-refractivity contribution < 1.29 is 9.53 Å². The summed E-state index contributed by atoms with van der Waals surface area (Å²) in [7, 11) is 0. The molecule has 0 radical (unpaired) electrons. The number of carbonyl (C=O) groups excluding carboxylic acids is 1. The molecule has 2 rings (SSSR count). The molecule has 0 aliphatic carbocycles. The highest BCUT2D eigenvalue weighted by atomic mass is 32.1. The van der Waals surface area contributed by atoms with E-state index in [1.54, 1.807) is 0 Å². The second-order valence-electron chi connectivity index (χ2n) is 6.87. The van der Waals surface area contributed by atoms with Gasteiger partial charge in [0, 0.05) is 14.6 Å². The predicted octanol–water partition coefficient (Wildman–Crippen LogP) is 7.89. The molecule has 0 N–H and O–H groups in total. The van der Waals surface area contributed by atoms with Crippen molar-refractivity contribution in [3.05, 3.63) is 46.7 Å². The average Bonchev–Trinajstić information content (AvgIpc) is 3.33. The lowest BCUT2D eigenvalue weighted by Gasteiger charge is -2.01. The Bertz CT molecular complexity index is 684. The van der Waals surface area contributed by atoms with Gasteiger partial charge in [0.15, 0.2) is 0 Å². The number of unbranched alkanes of at least 4 members (excludes halogenated alkanes) is 7. The van der Waals surface area contributed by atoms with E-state index in [0.29, 0.717) is 11.5 Å². The molecule has 0 spiro atoms. The number of ether oxygens (including phenoxy) is 1. The molecule has 0 aliphatic rings. The number of hydrogen-bond donors (Lipinski definition) is 0. The molecule has 0 amide bonds. The van der Waals surface area contributed by atoms with Crippen molar-refractivity contribution in [2.45, 2.75) is 71.1 Å². The van der Waals surface area contributed by atoms with Crippen molar-refractivity contribution in [1.82, 2.24) is 0 Å². The van der Waals surface area contributed by atoms with E-state index in [1.807, 2.05) is 29.5 Å². The number of hydrogen-bond acceptors (Lipinski definition) is 4. The summed E-state index contributed by atoms with van der Waals surface area (Å²) < 4.78 is 5.36. The van der Waals surface area contributed by atoms with Crippen LogP contribution in [0, 0.1) is 0 Å². The van der Waals surface area contributed by atoms with Gasteiger partial charge in [-0.2, -0.15) is 0 Å². The highest BCUT2D eigenvalue weighted by molar-refractivity contribution is 7.23. The molecule has 0 aliphatic heterocycles. The number of thiophene rings is 2. The maximum atomic E-state index is 12.1. The fourth-order valence-electron chi connectivity index (χ4n) is 2.93. The van der Waals surface area contributed by atoms with Crippen LogP contribution in [-0.2, 0) is 11.2 Å². The summed E-state index contributed by atoms with van der Waals surface area (Å²) in [5.74, 6) is -0.200. The molecule has 0 fully saturated rings. The van der Waals surface area contributed by atoms with Gasteiger partial charge in [-0.15, -0.1) is 29.3 Å². The molecule has 148 valence electrons. The van der Waals surface area contributed by atoms with Gasteiger partial charge in [0.2, 0.25) is 0 Å². The highest BCUT2D eigenvalue weighted by Gasteiger charge is 2.12. The highest BCUT2D eigenvalue weighted by Crippen LogP contribution is 2.34. The summed E-state index contributed by atoms with van der Waals surface area (Å²) >= 11 is 3.39. The van der Waals surface area contributed by atoms with Crippen LogP contribution in [0.4, 0.5) is 0 Å². The smallest absolute Gasteiger partial charge is 0.348 e. The average molecular weight is 405 g/mol. The molecular weight excluding hydrogens is 372 g/mol. The Morgan fingerprint density at radius 3 is 2.52 bits per heavy atom. The summed E-state index contributed by atoms with van der Waals surface area (Å²) in [6, 6.07) is 8.36. The Hall–Kier alpha value is -1.39. The SMILES string of the molecule is C=CCCCCOC(=O)c1ccc(-c2ccc(CCCCCCCC)s2)s1. The third-order valence-corrected chi connectivity index (χ3v) is 6.93. The molecule has 2 nitrogen and oxygen atoms in total. The molecule has 0 saturated heterocycles. The van der Waals surface area contributed by atoms with Crippen LogP contribution in [-0.4, -0.2) is 12.6 Å². The molecule has 0 aromatic carbocycles.